The van der Waals surface area contributed by atoms with Crippen LogP contribution in [0.25, 0.3) is 0 Å². The minimum atomic E-state index is 0.513. The maximum absolute atomic E-state index is 2.69. The van der Waals surface area contributed by atoms with Crippen LogP contribution in [0.2, 0.25) is 0 Å². The summed E-state index contributed by atoms with van der Waals surface area (Å²) in [5.41, 5.74) is 1.03. The number of likely N-dealkylation sites (tertiary alicyclic amines) is 1. The summed E-state index contributed by atoms with van der Waals surface area (Å²) in [5.74, 6) is 0.935. The van der Waals surface area contributed by atoms with E-state index in [1.54, 1.807) is 0 Å². The Balaban J connectivity index is 2.07. The molecule has 0 aromatic rings. The standard InChI is InChI=1S/C18H37N/c1-17(2,3)12-8-7-9-13-19-14-10-16(11-15-19)18(4,5)6/h16H,7-15H2,1-6H3. The molecule has 1 heterocycles. The number of nitrogens with zero attached hydrogens (tertiary/aromatic N) is 1. The Kier molecular flexibility index (Phi) is 6.36. The van der Waals surface area contributed by atoms with Crippen molar-refractivity contribution >= 4 is 0 Å². The molecular formula is C18H37N. The van der Waals surface area contributed by atoms with Crippen molar-refractivity contribution in [1.29, 1.82) is 0 Å². The van der Waals surface area contributed by atoms with Crippen LogP contribution in [0.5, 0.6) is 0 Å². The maximum Gasteiger partial charge on any atom is -0.00159 e. The highest BCUT2D eigenvalue weighted by Crippen LogP contribution is 2.34. The second kappa shape index (κ2) is 7.11. The molecule has 0 radical (unpaired) electrons. The molecule has 0 atom stereocenters. The van der Waals surface area contributed by atoms with Crippen molar-refractivity contribution in [2.24, 2.45) is 16.7 Å². The quantitative estimate of drug-likeness (QED) is 0.607. The van der Waals surface area contributed by atoms with Gasteiger partial charge in [0.15, 0.2) is 0 Å². The van der Waals surface area contributed by atoms with E-state index in [9.17, 15) is 0 Å². The third-order valence-electron chi connectivity index (χ3n) is 4.71. The molecule has 1 heteroatoms. The van der Waals surface area contributed by atoms with Gasteiger partial charge in [-0.2, -0.15) is 0 Å². The minimum absolute atomic E-state index is 0.513. The normalized spacial score (nSPS) is 19.9. The van der Waals surface area contributed by atoms with Gasteiger partial charge >= 0.3 is 0 Å². The molecule has 0 aliphatic carbocycles. The fraction of sp³-hybridized carbons (Fsp3) is 1.00. The molecule has 1 saturated heterocycles. The van der Waals surface area contributed by atoms with Gasteiger partial charge in [-0.1, -0.05) is 54.4 Å². The monoisotopic (exact) mass is 267 g/mol. The lowest BCUT2D eigenvalue weighted by molar-refractivity contribution is 0.111. The Hall–Kier alpha value is -0.0400. The van der Waals surface area contributed by atoms with Gasteiger partial charge < -0.3 is 4.90 Å². The van der Waals surface area contributed by atoms with Gasteiger partial charge in [0.05, 0.1) is 0 Å². The maximum atomic E-state index is 2.69. The zero-order valence-electron chi connectivity index (χ0n) is 14.4. The van der Waals surface area contributed by atoms with E-state index in [4.69, 9.17) is 0 Å². The van der Waals surface area contributed by atoms with Crippen molar-refractivity contribution in [3.63, 3.8) is 0 Å². The summed E-state index contributed by atoms with van der Waals surface area (Å²) in [4.78, 5) is 2.69. The van der Waals surface area contributed by atoms with Crippen molar-refractivity contribution in [2.45, 2.75) is 80.1 Å². The molecule has 0 spiro atoms. The van der Waals surface area contributed by atoms with Crippen LogP contribution in [0.4, 0.5) is 0 Å². The molecule has 0 aromatic heterocycles. The van der Waals surface area contributed by atoms with Crippen molar-refractivity contribution in [2.75, 3.05) is 19.6 Å². The lowest BCUT2D eigenvalue weighted by Crippen LogP contribution is -2.38. The Labute approximate surface area is 122 Å². The lowest BCUT2D eigenvalue weighted by Gasteiger charge is -2.38. The molecule has 0 N–H and O–H groups in total. The molecule has 1 aliphatic heterocycles. The average Bonchev–Trinajstić information content (AvgIpc) is 2.26. The summed E-state index contributed by atoms with van der Waals surface area (Å²) in [6.07, 6.45) is 8.41. The van der Waals surface area contributed by atoms with Gasteiger partial charge in [0.2, 0.25) is 0 Å². The van der Waals surface area contributed by atoms with Gasteiger partial charge in [0, 0.05) is 0 Å². The van der Waals surface area contributed by atoms with E-state index in [1.807, 2.05) is 0 Å². The predicted molar refractivity (Wildman–Crippen MR) is 86.5 cm³/mol. The van der Waals surface area contributed by atoms with Crippen molar-refractivity contribution < 1.29 is 0 Å². The third kappa shape index (κ3) is 7.34. The minimum Gasteiger partial charge on any atom is -0.303 e. The van der Waals surface area contributed by atoms with Crippen LogP contribution in [0, 0.1) is 16.7 Å². The summed E-state index contributed by atoms with van der Waals surface area (Å²) in [6.45, 7) is 18.3. The molecule has 114 valence electrons. The first-order valence-corrected chi connectivity index (χ1v) is 8.41. The van der Waals surface area contributed by atoms with E-state index in [0.29, 0.717) is 10.8 Å². The van der Waals surface area contributed by atoms with Crippen LogP contribution in [-0.2, 0) is 0 Å². The predicted octanol–water partition coefficient (Wildman–Crippen LogP) is 5.35. The Bertz CT molecular complexity index is 235. The summed E-state index contributed by atoms with van der Waals surface area (Å²) in [5, 5.41) is 0. The molecule has 0 saturated carbocycles. The Morgan fingerprint density at radius 2 is 1.42 bits per heavy atom. The largest absolute Gasteiger partial charge is 0.303 e. The molecule has 0 amide bonds. The number of rotatable bonds is 5. The van der Waals surface area contributed by atoms with Gasteiger partial charge in [-0.3, -0.25) is 0 Å². The van der Waals surface area contributed by atoms with Crippen LogP contribution in [0.3, 0.4) is 0 Å². The van der Waals surface area contributed by atoms with Gasteiger partial charge in [-0.25, -0.2) is 0 Å². The van der Waals surface area contributed by atoms with Crippen LogP contribution in [0.1, 0.15) is 80.1 Å². The van der Waals surface area contributed by atoms with Crippen LogP contribution in [-0.4, -0.2) is 24.5 Å². The summed E-state index contributed by atoms with van der Waals surface area (Å²) in [6, 6.07) is 0. The Morgan fingerprint density at radius 3 is 1.89 bits per heavy atom. The van der Waals surface area contributed by atoms with Gasteiger partial charge in [-0.05, 0) is 62.1 Å². The highest BCUT2D eigenvalue weighted by atomic mass is 15.1. The summed E-state index contributed by atoms with van der Waals surface area (Å²) < 4.78 is 0. The van der Waals surface area contributed by atoms with Crippen molar-refractivity contribution in [3.8, 4) is 0 Å². The smallest absolute Gasteiger partial charge is 0.00159 e. The lowest BCUT2D eigenvalue weighted by atomic mass is 9.75. The second-order valence-electron chi connectivity index (χ2n) is 8.85. The third-order valence-corrected chi connectivity index (χ3v) is 4.71. The van der Waals surface area contributed by atoms with Crippen LogP contribution < -0.4 is 0 Å². The molecule has 1 aliphatic rings. The zero-order valence-corrected chi connectivity index (χ0v) is 14.4. The Morgan fingerprint density at radius 1 is 0.842 bits per heavy atom. The molecule has 1 rings (SSSR count). The van der Waals surface area contributed by atoms with Crippen molar-refractivity contribution in [1.82, 2.24) is 4.90 Å². The number of hydrogen-bond donors (Lipinski definition) is 0. The summed E-state index contributed by atoms with van der Waals surface area (Å²) in [7, 11) is 0. The van der Waals surface area contributed by atoms with E-state index in [-0.39, 0.29) is 0 Å². The van der Waals surface area contributed by atoms with E-state index in [2.05, 4.69) is 46.4 Å². The second-order valence-corrected chi connectivity index (χ2v) is 8.85. The molecule has 1 fully saturated rings. The molecule has 1 nitrogen and oxygen atoms in total. The number of piperidine rings is 1. The average molecular weight is 268 g/mol. The van der Waals surface area contributed by atoms with Gasteiger partial charge in [0.1, 0.15) is 0 Å². The molecule has 0 bridgehead atoms. The zero-order chi connectivity index (χ0) is 14.5. The fourth-order valence-electron chi connectivity index (χ4n) is 3.19. The fourth-order valence-corrected chi connectivity index (χ4v) is 3.19. The highest BCUT2D eigenvalue weighted by molar-refractivity contribution is 4.80. The van der Waals surface area contributed by atoms with Gasteiger partial charge in [0.25, 0.3) is 0 Å². The first kappa shape index (κ1) is 17.0. The molecule has 19 heavy (non-hydrogen) atoms. The molecular weight excluding hydrogens is 230 g/mol. The van der Waals surface area contributed by atoms with E-state index < -0.39 is 0 Å². The molecule has 0 aromatic carbocycles. The topological polar surface area (TPSA) is 3.24 Å². The highest BCUT2D eigenvalue weighted by Gasteiger charge is 2.28. The number of hydrogen-bond acceptors (Lipinski definition) is 1. The van der Waals surface area contributed by atoms with Crippen LogP contribution >= 0.6 is 0 Å². The van der Waals surface area contributed by atoms with E-state index >= 15 is 0 Å². The number of unbranched alkanes of at least 4 members (excludes halogenated alkanes) is 2. The van der Waals surface area contributed by atoms with E-state index in [1.165, 1.54) is 58.2 Å². The first-order valence-electron chi connectivity index (χ1n) is 8.41. The van der Waals surface area contributed by atoms with Gasteiger partial charge in [-0.15, -0.1) is 0 Å². The molecule has 0 unspecified atom stereocenters. The SMILES string of the molecule is CC(C)(C)CCCCCN1CCC(C(C)(C)C)CC1. The van der Waals surface area contributed by atoms with Crippen LogP contribution in [0.15, 0.2) is 0 Å². The van der Waals surface area contributed by atoms with Crippen molar-refractivity contribution in [3.05, 3.63) is 0 Å². The summed E-state index contributed by atoms with van der Waals surface area (Å²) >= 11 is 0. The van der Waals surface area contributed by atoms with E-state index in [0.717, 1.165) is 5.92 Å². The first-order chi connectivity index (χ1) is 8.68.